The molecule has 0 spiro atoms. The van der Waals surface area contributed by atoms with Gasteiger partial charge in [0, 0.05) is 44.2 Å². The van der Waals surface area contributed by atoms with Crippen LogP contribution < -0.4 is 17.2 Å². The van der Waals surface area contributed by atoms with E-state index in [9.17, 15) is 19.2 Å². The number of benzene rings is 1. The molecule has 0 amide bonds. The number of carbonyl (C=O) groups is 4. The molecular weight excluding hydrogens is 504 g/mol. The fourth-order valence-electron chi connectivity index (χ4n) is 2.08. The average Bonchev–Trinajstić information content (AvgIpc) is 3.26. The molecule has 2 aromatic rings. The Morgan fingerprint density at radius 1 is 0.824 bits per heavy atom. The number of carboxylic acid groups (broad SMARTS) is 4. The molecule has 0 aliphatic rings. The van der Waals surface area contributed by atoms with Gasteiger partial charge in [0.25, 0.3) is 0 Å². The Morgan fingerprint density at radius 3 is 1.74 bits per heavy atom. The van der Waals surface area contributed by atoms with Gasteiger partial charge in [-0.1, -0.05) is 30.3 Å². The third kappa shape index (κ3) is 16.4. The van der Waals surface area contributed by atoms with Gasteiger partial charge in [-0.05, 0) is 18.4 Å². The molecule has 1 heterocycles. The summed E-state index contributed by atoms with van der Waals surface area (Å²) in [7, 11) is 0. The Kier molecular flexibility index (Phi) is 17.7. The van der Waals surface area contributed by atoms with Gasteiger partial charge in [0.2, 0.25) is 0 Å². The number of aromatic nitrogens is 2. The molecule has 0 aliphatic carbocycles. The van der Waals surface area contributed by atoms with Crippen molar-refractivity contribution in [3.8, 4) is 0 Å². The van der Waals surface area contributed by atoms with Gasteiger partial charge in [0.15, 0.2) is 0 Å². The Morgan fingerprint density at radius 2 is 1.32 bits per heavy atom. The zero-order valence-electron chi connectivity index (χ0n) is 18.4. The van der Waals surface area contributed by atoms with Crippen LogP contribution in [0.5, 0.6) is 0 Å². The number of nitrogens with one attached hydrogen (secondary N) is 1. The molecular formula is C20H29N5O8Zn. The van der Waals surface area contributed by atoms with E-state index in [2.05, 4.69) is 9.97 Å². The summed E-state index contributed by atoms with van der Waals surface area (Å²) >= 11 is 0. The molecule has 11 N–H and O–H groups in total. The second-order valence-corrected chi connectivity index (χ2v) is 6.74. The predicted octanol–water partition coefficient (Wildman–Crippen LogP) is -0.734. The number of H-pyrrole nitrogens is 1. The maximum atomic E-state index is 10.4. The van der Waals surface area contributed by atoms with E-state index in [0.717, 1.165) is 11.3 Å². The van der Waals surface area contributed by atoms with E-state index >= 15 is 0 Å². The summed E-state index contributed by atoms with van der Waals surface area (Å²) in [4.78, 5) is 47.0. The average molecular weight is 533 g/mol. The molecule has 3 atom stereocenters. The summed E-state index contributed by atoms with van der Waals surface area (Å²) in [6, 6.07) is 6.63. The number of carboxylic acids is 4. The Labute approximate surface area is 208 Å². The van der Waals surface area contributed by atoms with Crippen molar-refractivity contribution in [2.75, 3.05) is 0 Å². The van der Waals surface area contributed by atoms with Gasteiger partial charge in [-0.15, -0.1) is 0 Å². The van der Waals surface area contributed by atoms with Crippen LogP contribution in [0.3, 0.4) is 0 Å². The minimum absolute atomic E-state index is 0. The zero-order valence-corrected chi connectivity index (χ0v) is 21.4. The summed E-state index contributed by atoms with van der Waals surface area (Å²) < 4.78 is 0. The van der Waals surface area contributed by atoms with Crippen molar-refractivity contribution in [2.45, 2.75) is 43.8 Å². The summed E-state index contributed by atoms with van der Waals surface area (Å²) in [5.74, 6) is -4.16. The van der Waals surface area contributed by atoms with Crippen LogP contribution in [0, 0.1) is 0 Å². The molecule has 1 aromatic heterocycles. The quantitative estimate of drug-likeness (QED) is 0.176. The van der Waals surface area contributed by atoms with Crippen LogP contribution in [0.25, 0.3) is 0 Å². The van der Waals surface area contributed by atoms with Crippen molar-refractivity contribution >= 4 is 23.9 Å². The Balaban J connectivity index is 0. The molecule has 0 unspecified atom stereocenters. The first kappa shape index (κ1) is 33.0. The van der Waals surface area contributed by atoms with Gasteiger partial charge < -0.3 is 42.6 Å². The van der Waals surface area contributed by atoms with Crippen LogP contribution in [-0.2, 0) is 51.5 Å². The second kappa shape index (κ2) is 18.3. The molecule has 184 valence electrons. The minimum atomic E-state index is -1.17. The first-order valence-corrected chi connectivity index (χ1v) is 9.62. The number of imidazole rings is 1. The molecule has 0 saturated carbocycles. The summed E-state index contributed by atoms with van der Waals surface area (Å²) in [5.41, 5.74) is 17.3. The number of aromatic amines is 1. The van der Waals surface area contributed by atoms with Crippen molar-refractivity contribution < 1.29 is 59.1 Å². The van der Waals surface area contributed by atoms with Crippen molar-refractivity contribution in [2.24, 2.45) is 17.2 Å². The fourth-order valence-corrected chi connectivity index (χ4v) is 2.08. The van der Waals surface area contributed by atoms with Crippen LogP contribution in [-0.4, -0.2) is 72.4 Å². The number of hydrogen-bond acceptors (Lipinski definition) is 8. The van der Waals surface area contributed by atoms with E-state index in [1.54, 1.807) is 6.20 Å². The van der Waals surface area contributed by atoms with E-state index in [1.807, 2.05) is 30.3 Å². The van der Waals surface area contributed by atoms with Gasteiger partial charge in [-0.25, -0.2) is 4.98 Å². The number of aliphatic carboxylic acids is 4. The number of rotatable bonds is 10. The Bertz CT molecular complexity index is 867. The van der Waals surface area contributed by atoms with E-state index in [4.69, 9.17) is 37.6 Å². The van der Waals surface area contributed by atoms with Crippen LogP contribution in [0.1, 0.15) is 24.1 Å². The van der Waals surface area contributed by atoms with Gasteiger partial charge in [-0.2, -0.15) is 0 Å². The number of hydrogen-bond donors (Lipinski definition) is 8. The van der Waals surface area contributed by atoms with Crippen molar-refractivity contribution in [3.05, 3.63) is 54.1 Å². The zero-order chi connectivity index (χ0) is 25.4. The molecule has 1 aromatic carbocycles. The normalized spacial score (nSPS) is 12.2. The van der Waals surface area contributed by atoms with Gasteiger partial charge in [0.05, 0.1) is 6.33 Å². The third-order valence-corrected chi connectivity index (χ3v) is 3.91. The molecule has 0 fully saturated rings. The molecule has 0 aliphatic heterocycles. The predicted molar refractivity (Wildman–Crippen MR) is 116 cm³/mol. The molecule has 0 radical (unpaired) electrons. The molecule has 0 saturated heterocycles. The SMILES string of the molecule is N[C@@H](CCC(=O)O)C(=O)O.N[C@@H](Cc1ccccc1)C(=O)O.N[C@@H](Cc1cnc[nH]1)C(=O)O.[Zn]. The largest absolute Gasteiger partial charge is 0.481 e. The van der Waals surface area contributed by atoms with Gasteiger partial charge >= 0.3 is 23.9 Å². The first-order valence-electron chi connectivity index (χ1n) is 9.62. The summed E-state index contributed by atoms with van der Waals surface area (Å²) in [6.45, 7) is 0. The van der Waals surface area contributed by atoms with Gasteiger partial charge in [0.1, 0.15) is 18.1 Å². The van der Waals surface area contributed by atoms with Crippen molar-refractivity contribution in [3.63, 3.8) is 0 Å². The van der Waals surface area contributed by atoms with E-state index in [-0.39, 0.29) is 38.7 Å². The fraction of sp³-hybridized carbons (Fsp3) is 0.350. The third-order valence-electron chi connectivity index (χ3n) is 3.91. The Hall–Kier alpha value is -3.19. The number of nitrogens with zero attached hydrogens (tertiary/aromatic N) is 1. The van der Waals surface area contributed by atoms with Crippen LogP contribution in [0.4, 0.5) is 0 Å². The smallest absolute Gasteiger partial charge is 0.320 e. The van der Waals surface area contributed by atoms with Crippen molar-refractivity contribution in [1.29, 1.82) is 0 Å². The molecule has 0 bridgehead atoms. The maximum Gasteiger partial charge on any atom is 0.320 e. The first-order chi connectivity index (χ1) is 15.4. The molecule has 34 heavy (non-hydrogen) atoms. The second-order valence-electron chi connectivity index (χ2n) is 6.74. The summed E-state index contributed by atoms with van der Waals surface area (Å²) in [5, 5.41) is 33.2. The van der Waals surface area contributed by atoms with Crippen molar-refractivity contribution in [1.82, 2.24) is 9.97 Å². The van der Waals surface area contributed by atoms with E-state index in [1.165, 1.54) is 6.33 Å². The molecule has 13 nitrogen and oxygen atoms in total. The molecule has 2 rings (SSSR count). The maximum absolute atomic E-state index is 10.4. The van der Waals surface area contributed by atoms with Gasteiger partial charge in [-0.3, -0.25) is 19.2 Å². The minimum Gasteiger partial charge on any atom is -0.481 e. The van der Waals surface area contributed by atoms with Crippen LogP contribution in [0.15, 0.2) is 42.9 Å². The van der Waals surface area contributed by atoms with Crippen LogP contribution >= 0.6 is 0 Å². The monoisotopic (exact) mass is 531 g/mol. The standard InChI is InChI=1S/C9H11NO2.C6H9N3O2.C5H9NO4.Zn/c10-8(9(11)12)6-7-4-2-1-3-5-7;7-5(6(10)11)1-4-2-8-3-9-4;6-3(5(9)10)1-2-4(7)8;/h1-5,8H,6,10H2,(H,11,12);2-3,5H,1,7H2,(H,8,9)(H,10,11);3H,1-2,6H2,(H,7,8)(H,9,10);/t8-;5-;3-;/m000./s1. The number of nitrogens with two attached hydrogens (primary N) is 3. The summed E-state index contributed by atoms with van der Waals surface area (Å²) in [6.07, 6.45) is 3.50. The van der Waals surface area contributed by atoms with Crippen LogP contribution in [0.2, 0.25) is 0 Å². The van der Waals surface area contributed by atoms with E-state index in [0.29, 0.717) is 6.42 Å². The molecule has 14 heteroatoms. The van der Waals surface area contributed by atoms with E-state index < -0.39 is 42.0 Å². The topological polar surface area (TPSA) is 256 Å².